The highest BCUT2D eigenvalue weighted by Crippen LogP contribution is 2.39. The average Bonchev–Trinajstić information content (AvgIpc) is 3.17. The molecular weight excluding hydrogens is 435 g/mol. The summed E-state index contributed by atoms with van der Waals surface area (Å²) in [6.07, 6.45) is -0.657. The fourth-order valence-electron chi connectivity index (χ4n) is 3.86. The molecule has 0 radical (unpaired) electrons. The standard InChI is InChI=1S/C19H20F3N5O3S/c1-27(18-13-5-6-23-17(13)24-10-25-18)12-7-11(8-12)9-31(28,29)14-3-4-15(30-2)26-16(14)19(20,21)22/h3-6,10-12H,7-9H2,1-2H3,(H,23,24,25)/t11-,12+. The summed E-state index contributed by atoms with van der Waals surface area (Å²) in [7, 11) is -1.16. The molecule has 0 aromatic carbocycles. The molecule has 1 N–H and O–H groups in total. The number of halogens is 3. The summed E-state index contributed by atoms with van der Waals surface area (Å²) in [4.78, 5) is 15.9. The van der Waals surface area contributed by atoms with Crippen molar-refractivity contribution in [1.82, 2.24) is 19.9 Å². The molecule has 0 aliphatic heterocycles. The van der Waals surface area contributed by atoms with Crippen LogP contribution in [0.2, 0.25) is 0 Å². The first-order valence-electron chi connectivity index (χ1n) is 9.46. The Bertz CT molecular complexity index is 1210. The predicted octanol–water partition coefficient (Wildman–Crippen LogP) is 3.07. The molecule has 0 saturated heterocycles. The molecule has 3 aromatic heterocycles. The highest BCUT2D eigenvalue weighted by Gasteiger charge is 2.42. The summed E-state index contributed by atoms with van der Waals surface area (Å²) in [6, 6.07) is 3.92. The molecule has 4 rings (SSSR count). The number of anilines is 1. The van der Waals surface area contributed by atoms with E-state index in [1.165, 1.54) is 13.4 Å². The van der Waals surface area contributed by atoms with Crippen LogP contribution in [0.5, 0.6) is 5.88 Å². The van der Waals surface area contributed by atoms with Gasteiger partial charge in [0.25, 0.3) is 0 Å². The number of fused-ring (bicyclic) bond motifs is 1. The summed E-state index contributed by atoms with van der Waals surface area (Å²) in [5, 5.41) is 0.847. The van der Waals surface area contributed by atoms with E-state index in [9.17, 15) is 21.6 Å². The van der Waals surface area contributed by atoms with Crippen molar-refractivity contribution in [3.63, 3.8) is 0 Å². The number of aromatic amines is 1. The van der Waals surface area contributed by atoms with Crippen LogP contribution in [0.25, 0.3) is 11.0 Å². The number of nitrogens with zero attached hydrogens (tertiary/aromatic N) is 4. The Balaban J connectivity index is 1.49. The van der Waals surface area contributed by atoms with Gasteiger partial charge in [-0.1, -0.05) is 0 Å². The Labute approximate surface area is 176 Å². The molecule has 3 aromatic rings. The molecule has 0 unspecified atom stereocenters. The van der Waals surface area contributed by atoms with E-state index in [4.69, 9.17) is 4.74 Å². The van der Waals surface area contributed by atoms with Crippen molar-refractivity contribution in [2.24, 2.45) is 5.92 Å². The number of alkyl halides is 3. The number of hydrogen-bond acceptors (Lipinski definition) is 7. The Morgan fingerprint density at radius 3 is 2.65 bits per heavy atom. The smallest absolute Gasteiger partial charge is 0.434 e. The number of pyridine rings is 1. The molecule has 31 heavy (non-hydrogen) atoms. The third-order valence-electron chi connectivity index (χ3n) is 5.53. The van der Waals surface area contributed by atoms with E-state index in [2.05, 4.69) is 19.9 Å². The van der Waals surface area contributed by atoms with E-state index in [1.807, 2.05) is 18.0 Å². The molecule has 0 bridgehead atoms. The number of sulfone groups is 1. The molecule has 0 atom stereocenters. The van der Waals surface area contributed by atoms with Crippen LogP contribution in [0.4, 0.5) is 19.0 Å². The second kappa shape index (κ2) is 7.66. The lowest BCUT2D eigenvalue weighted by Crippen LogP contribution is -2.45. The first-order valence-corrected chi connectivity index (χ1v) is 11.1. The zero-order valence-electron chi connectivity index (χ0n) is 16.7. The number of ether oxygens (including phenoxy) is 1. The minimum Gasteiger partial charge on any atom is -0.481 e. The maximum atomic E-state index is 13.4. The summed E-state index contributed by atoms with van der Waals surface area (Å²) in [5.74, 6) is -0.212. The monoisotopic (exact) mass is 455 g/mol. The van der Waals surface area contributed by atoms with Crippen LogP contribution >= 0.6 is 0 Å². The number of hydrogen-bond donors (Lipinski definition) is 1. The highest BCUT2D eigenvalue weighted by atomic mass is 32.2. The zero-order valence-corrected chi connectivity index (χ0v) is 17.5. The van der Waals surface area contributed by atoms with Crippen LogP contribution in [0.1, 0.15) is 18.5 Å². The van der Waals surface area contributed by atoms with Gasteiger partial charge in [0.1, 0.15) is 17.8 Å². The third-order valence-corrected chi connectivity index (χ3v) is 7.44. The van der Waals surface area contributed by atoms with Gasteiger partial charge in [-0.3, -0.25) is 0 Å². The van der Waals surface area contributed by atoms with Gasteiger partial charge in [0.15, 0.2) is 15.5 Å². The van der Waals surface area contributed by atoms with Gasteiger partial charge in [-0.05, 0) is 30.9 Å². The minimum absolute atomic E-state index is 0.0317. The van der Waals surface area contributed by atoms with Gasteiger partial charge in [-0.15, -0.1) is 0 Å². The topological polar surface area (TPSA) is 101 Å². The molecule has 1 aliphatic rings. The second-order valence-electron chi connectivity index (χ2n) is 7.52. The maximum absolute atomic E-state index is 13.4. The summed E-state index contributed by atoms with van der Waals surface area (Å²) in [5.41, 5.74) is -0.752. The lowest BCUT2D eigenvalue weighted by molar-refractivity contribution is -0.143. The number of aromatic nitrogens is 4. The molecule has 1 saturated carbocycles. The first-order chi connectivity index (χ1) is 14.6. The summed E-state index contributed by atoms with van der Waals surface area (Å²) >= 11 is 0. The van der Waals surface area contributed by atoms with Crippen molar-refractivity contribution >= 4 is 26.7 Å². The van der Waals surface area contributed by atoms with E-state index >= 15 is 0 Å². The van der Waals surface area contributed by atoms with Gasteiger partial charge in [-0.25, -0.2) is 23.4 Å². The van der Waals surface area contributed by atoms with Gasteiger partial charge in [-0.2, -0.15) is 13.2 Å². The van der Waals surface area contributed by atoms with Gasteiger partial charge in [0.05, 0.1) is 23.1 Å². The SMILES string of the molecule is COc1ccc(S(=O)(=O)C[C@H]2C[C@@H](N(C)c3ncnc4[nH]ccc34)C2)c(C(F)(F)F)n1. The molecule has 166 valence electrons. The van der Waals surface area contributed by atoms with E-state index in [-0.39, 0.29) is 23.6 Å². The van der Waals surface area contributed by atoms with Gasteiger partial charge < -0.3 is 14.6 Å². The molecule has 1 aliphatic carbocycles. The molecule has 3 heterocycles. The van der Waals surface area contributed by atoms with Crippen molar-refractivity contribution in [2.75, 3.05) is 24.8 Å². The van der Waals surface area contributed by atoms with Gasteiger partial charge in [0.2, 0.25) is 5.88 Å². The predicted molar refractivity (Wildman–Crippen MR) is 107 cm³/mol. The molecule has 0 amide bonds. The third kappa shape index (κ3) is 4.03. The fraction of sp³-hybridized carbons (Fsp3) is 0.421. The van der Waals surface area contributed by atoms with Crippen LogP contribution in [-0.2, 0) is 16.0 Å². The van der Waals surface area contributed by atoms with Crippen LogP contribution in [-0.4, -0.2) is 54.3 Å². The Kier molecular flexibility index (Phi) is 5.28. The van der Waals surface area contributed by atoms with E-state index in [1.54, 1.807) is 6.20 Å². The fourth-order valence-corrected chi connectivity index (χ4v) is 5.67. The van der Waals surface area contributed by atoms with Crippen LogP contribution in [0.15, 0.2) is 35.6 Å². The van der Waals surface area contributed by atoms with Crippen LogP contribution < -0.4 is 9.64 Å². The van der Waals surface area contributed by atoms with Crippen molar-refractivity contribution in [1.29, 1.82) is 0 Å². The molecule has 0 spiro atoms. The number of rotatable bonds is 6. The average molecular weight is 455 g/mol. The Morgan fingerprint density at radius 2 is 1.97 bits per heavy atom. The largest absolute Gasteiger partial charge is 0.481 e. The number of H-pyrrole nitrogens is 1. The Morgan fingerprint density at radius 1 is 1.23 bits per heavy atom. The van der Waals surface area contributed by atoms with Crippen molar-refractivity contribution < 1.29 is 26.3 Å². The van der Waals surface area contributed by atoms with Gasteiger partial charge >= 0.3 is 6.18 Å². The minimum atomic E-state index is -4.91. The van der Waals surface area contributed by atoms with E-state index < -0.39 is 26.6 Å². The first kappa shape index (κ1) is 21.3. The van der Waals surface area contributed by atoms with Crippen molar-refractivity contribution in [3.8, 4) is 5.88 Å². The van der Waals surface area contributed by atoms with Crippen molar-refractivity contribution in [3.05, 3.63) is 36.4 Å². The zero-order chi connectivity index (χ0) is 22.4. The highest BCUT2D eigenvalue weighted by molar-refractivity contribution is 7.91. The molecule has 12 heteroatoms. The number of nitrogens with one attached hydrogen (secondary N) is 1. The lowest BCUT2D eigenvalue weighted by Gasteiger charge is -2.41. The molecule has 1 fully saturated rings. The number of methoxy groups -OCH3 is 1. The summed E-state index contributed by atoms with van der Waals surface area (Å²) < 4.78 is 70.4. The normalized spacial score (nSPS) is 19.3. The summed E-state index contributed by atoms with van der Waals surface area (Å²) in [6.45, 7) is 0. The van der Waals surface area contributed by atoms with Crippen LogP contribution in [0, 0.1) is 5.92 Å². The quantitative estimate of drug-likeness (QED) is 0.610. The molecular formula is C19H20F3N5O3S. The Hall–Kier alpha value is -2.89. The lowest BCUT2D eigenvalue weighted by atomic mass is 9.81. The molecule has 8 nitrogen and oxygen atoms in total. The van der Waals surface area contributed by atoms with Crippen LogP contribution in [0.3, 0.4) is 0 Å². The maximum Gasteiger partial charge on any atom is 0.434 e. The van der Waals surface area contributed by atoms with Crippen molar-refractivity contribution in [2.45, 2.75) is 30.0 Å². The van der Waals surface area contributed by atoms with E-state index in [0.29, 0.717) is 18.5 Å². The van der Waals surface area contributed by atoms with E-state index in [0.717, 1.165) is 23.3 Å². The second-order valence-corrected chi connectivity index (χ2v) is 9.52. The van der Waals surface area contributed by atoms with Gasteiger partial charge in [0, 0.05) is 25.4 Å².